The summed E-state index contributed by atoms with van der Waals surface area (Å²) in [6.07, 6.45) is 6.37. The van der Waals surface area contributed by atoms with E-state index in [1.54, 1.807) is 6.07 Å². The van der Waals surface area contributed by atoms with Crippen molar-refractivity contribution in [3.8, 4) is 5.75 Å². The SMILES string of the molecule is CC1(NCc2cccc(Cl)c2O)CCCCC1. The van der Waals surface area contributed by atoms with Crippen molar-refractivity contribution in [1.29, 1.82) is 0 Å². The number of hydrogen-bond acceptors (Lipinski definition) is 2. The number of phenols is 1. The van der Waals surface area contributed by atoms with Crippen molar-refractivity contribution in [2.45, 2.75) is 51.1 Å². The van der Waals surface area contributed by atoms with Gasteiger partial charge in [0.05, 0.1) is 5.02 Å². The van der Waals surface area contributed by atoms with Gasteiger partial charge in [-0.1, -0.05) is 43.0 Å². The Balaban J connectivity index is 1.99. The van der Waals surface area contributed by atoms with Crippen LogP contribution in [0.5, 0.6) is 5.75 Å². The molecule has 0 atom stereocenters. The maximum atomic E-state index is 9.84. The molecule has 0 bridgehead atoms. The fourth-order valence-corrected chi connectivity index (χ4v) is 2.71. The minimum absolute atomic E-state index is 0.209. The largest absolute Gasteiger partial charge is 0.506 e. The minimum Gasteiger partial charge on any atom is -0.506 e. The molecule has 1 aromatic rings. The van der Waals surface area contributed by atoms with Crippen LogP contribution in [0.15, 0.2) is 18.2 Å². The van der Waals surface area contributed by atoms with Crippen molar-refractivity contribution < 1.29 is 5.11 Å². The average Bonchev–Trinajstić information content (AvgIpc) is 2.32. The van der Waals surface area contributed by atoms with Gasteiger partial charge in [0.1, 0.15) is 5.75 Å². The fourth-order valence-electron chi connectivity index (χ4n) is 2.52. The molecule has 0 aliphatic heterocycles. The first-order chi connectivity index (χ1) is 8.11. The van der Waals surface area contributed by atoms with Crippen LogP contribution in [0.4, 0.5) is 0 Å². The average molecular weight is 254 g/mol. The van der Waals surface area contributed by atoms with E-state index in [0.29, 0.717) is 11.6 Å². The lowest BCUT2D eigenvalue weighted by molar-refractivity contribution is 0.251. The van der Waals surface area contributed by atoms with Gasteiger partial charge in [-0.3, -0.25) is 0 Å². The van der Waals surface area contributed by atoms with Crippen LogP contribution in [0.25, 0.3) is 0 Å². The highest BCUT2D eigenvalue weighted by Gasteiger charge is 2.26. The van der Waals surface area contributed by atoms with E-state index in [2.05, 4.69) is 12.2 Å². The van der Waals surface area contributed by atoms with E-state index in [4.69, 9.17) is 11.6 Å². The third kappa shape index (κ3) is 3.14. The van der Waals surface area contributed by atoms with E-state index in [0.717, 1.165) is 5.56 Å². The molecule has 17 heavy (non-hydrogen) atoms. The van der Waals surface area contributed by atoms with Gasteiger partial charge in [-0.25, -0.2) is 0 Å². The molecule has 0 aromatic heterocycles. The predicted octanol–water partition coefficient (Wildman–Crippen LogP) is 3.86. The molecule has 1 saturated carbocycles. The normalized spacial score (nSPS) is 19.2. The number of benzene rings is 1. The molecule has 1 aliphatic rings. The molecule has 1 aliphatic carbocycles. The Kier molecular flexibility index (Phi) is 3.95. The lowest BCUT2D eigenvalue weighted by Gasteiger charge is -2.35. The van der Waals surface area contributed by atoms with E-state index < -0.39 is 0 Å². The van der Waals surface area contributed by atoms with Crippen molar-refractivity contribution in [2.75, 3.05) is 0 Å². The number of aromatic hydroxyl groups is 1. The summed E-state index contributed by atoms with van der Waals surface area (Å²) in [5, 5.41) is 13.8. The molecule has 0 unspecified atom stereocenters. The van der Waals surface area contributed by atoms with Crippen LogP contribution in [0, 0.1) is 0 Å². The van der Waals surface area contributed by atoms with Gasteiger partial charge in [0.25, 0.3) is 0 Å². The molecule has 2 nitrogen and oxygen atoms in total. The van der Waals surface area contributed by atoms with E-state index in [-0.39, 0.29) is 11.3 Å². The summed E-state index contributed by atoms with van der Waals surface area (Å²) in [6.45, 7) is 2.96. The zero-order valence-corrected chi connectivity index (χ0v) is 11.1. The number of nitrogens with one attached hydrogen (secondary N) is 1. The second-order valence-electron chi connectivity index (χ2n) is 5.22. The van der Waals surface area contributed by atoms with Crippen LogP contribution in [-0.2, 0) is 6.54 Å². The Hall–Kier alpha value is -0.730. The highest BCUT2D eigenvalue weighted by Crippen LogP contribution is 2.30. The number of hydrogen-bond donors (Lipinski definition) is 2. The van der Waals surface area contributed by atoms with Crippen molar-refractivity contribution in [3.05, 3.63) is 28.8 Å². The summed E-state index contributed by atoms with van der Waals surface area (Å²) in [7, 11) is 0. The molecule has 0 saturated heterocycles. The molecule has 3 heteroatoms. The van der Waals surface area contributed by atoms with Crippen molar-refractivity contribution in [1.82, 2.24) is 5.32 Å². The molecule has 0 spiro atoms. The fraction of sp³-hybridized carbons (Fsp3) is 0.571. The molecule has 94 valence electrons. The van der Waals surface area contributed by atoms with Gasteiger partial charge in [-0.2, -0.15) is 0 Å². The Morgan fingerprint density at radius 1 is 1.29 bits per heavy atom. The second kappa shape index (κ2) is 5.28. The van der Waals surface area contributed by atoms with E-state index in [1.807, 2.05) is 12.1 Å². The van der Waals surface area contributed by atoms with E-state index in [1.165, 1.54) is 32.1 Å². The van der Waals surface area contributed by atoms with Gasteiger partial charge in [0, 0.05) is 17.6 Å². The van der Waals surface area contributed by atoms with Gasteiger partial charge < -0.3 is 10.4 Å². The van der Waals surface area contributed by atoms with Crippen LogP contribution in [-0.4, -0.2) is 10.6 Å². The molecule has 1 fully saturated rings. The summed E-state index contributed by atoms with van der Waals surface area (Å²) >= 11 is 5.89. The van der Waals surface area contributed by atoms with Gasteiger partial charge in [0.2, 0.25) is 0 Å². The van der Waals surface area contributed by atoms with Crippen molar-refractivity contribution in [2.24, 2.45) is 0 Å². The maximum Gasteiger partial charge on any atom is 0.138 e. The molecule has 0 heterocycles. The van der Waals surface area contributed by atoms with Crippen LogP contribution >= 0.6 is 11.6 Å². The quantitative estimate of drug-likeness (QED) is 0.858. The molecular formula is C14H20ClNO. The lowest BCUT2D eigenvalue weighted by atomic mass is 9.83. The van der Waals surface area contributed by atoms with Crippen LogP contribution < -0.4 is 5.32 Å². The van der Waals surface area contributed by atoms with Gasteiger partial charge >= 0.3 is 0 Å². The molecule has 2 N–H and O–H groups in total. The summed E-state index contributed by atoms with van der Waals surface area (Å²) < 4.78 is 0. The second-order valence-corrected chi connectivity index (χ2v) is 5.63. The maximum absolute atomic E-state index is 9.84. The molecular weight excluding hydrogens is 234 g/mol. The van der Waals surface area contributed by atoms with E-state index >= 15 is 0 Å². The first-order valence-corrected chi connectivity index (χ1v) is 6.70. The zero-order valence-electron chi connectivity index (χ0n) is 10.3. The Bertz CT molecular complexity index is 386. The summed E-state index contributed by atoms with van der Waals surface area (Å²) in [6, 6.07) is 5.51. The number of phenolic OH excluding ortho intramolecular Hbond substituents is 1. The third-order valence-corrected chi connectivity index (χ3v) is 4.04. The molecule has 0 radical (unpaired) electrons. The zero-order chi connectivity index (χ0) is 12.3. The molecule has 1 aromatic carbocycles. The Morgan fingerprint density at radius 3 is 2.71 bits per heavy atom. The molecule has 2 rings (SSSR count). The highest BCUT2D eigenvalue weighted by molar-refractivity contribution is 6.32. The summed E-state index contributed by atoms with van der Waals surface area (Å²) in [5.74, 6) is 0.209. The van der Waals surface area contributed by atoms with Gasteiger partial charge in [-0.05, 0) is 25.8 Å². The third-order valence-electron chi connectivity index (χ3n) is 3.73. The Labute approximate surface area is 108 Å². The minimum atomic E-state index is 0.209. The van der Waals surface area contributed by atoms with Gasteiger partial charge in [0.15, 0.2) is 0 Å². The summed E-state index contributed by atoms with van der Waals surface area (Å²) in [4.78, 5) is 0. The number of halogens is 1. The monoisotopic (exact) mass is 253 g/mol. The molecule has 0 amide bonds. The van der Waals surface area contributed by atoms with Crippen molar-refractivity contribution in [3.63, 3.8) is 0 Å². The highest BCUT2D eigenvalue weighted by atomic mass is 35.5. The number of para-hydroxylation sites is 1. The topological polar surface area (TPSA) is 32.3 Å². The van der Waals surface area contributed by atoms with Crippen LogP contribution in [0.3, 0.4) is 0 Å². The lowest BCUT2D eigenvalue weighted by Crippen LogP contribution is -2.43. The number of rotatable bonds is 3. The van der Waals surface area contributed by atoms with Crippen molar-refractivity contribution >= 4 is 11.6 Å². The first-order valence-electron chi connectivity index (χ1n) is 6.32. The first kappa shape index (κ1) is 12.7. The standard InChI is InChI=1S/C14H20ClNO/c1-14(8-3-2-4-9-14)16-10-11-6-5-7-12(15)13(11)17/h5-7,16-17H,2-4,8-10H2,1H3. The Morgan fingerprint density at radius 2 is 2.00 bits per heavy atom. The van der Waals surface area contributed by atoms with Gasteiger partial charge in [-0.15, -0.1) is 0 Å². The summed E-state index contributed by atoms with van der Waals surface area (Å²) in [5.41, 5.74) is 1.09. The van der Waals surface area contributed by atoms with E-state index in [9.17, 15) is 5.11 Å². The van der Waals surface area contributed by atoms with Crippen LogP contribution in [0.1, 0.15) is 44.6 Å². The van der Waals surface area contributed by atoms with Crippen LogP contribution in [0.2, 0.25) is 5.02 Å². The predicted molar refractivity (Wildman–Crippen MR) is 71.4 cm³/mol. The smallest absolute Gasteiger partial charge is 0.138 e.